The topological polar surface area (TPSA) is 30.5 Å². The first kappa shape index (κ1) is 16.6. The lowest BCUT2D eigenvalue weighted by Gasteiger charge is -2.27. The van der Waals surface area contributed by atoms with E-state index in [0.717, 1.165) is 33.9 Å². The fourth-order valence-electron chi connectivity index (χ4n) is 3.39. The number of ether oxygens (including phenoxy) is 2. The second-order valence-electron chi connectivity index (χ2n) is 5.94. The molecule has 4 rings (SSSR count). The molecule has 0 aliphatic carbocycles. The number of benzene rings is 2. The van der Waals surface area contributed by atoms with Crippen LogP contribution in [0, 0.1) is 5.82 Å². The van der Waals surface area contributed by atoms with Gasteiger partial charge in [-0.25, -0.2) is 4.39 Å². The molecule has 0 saturated heterocycles. The molecule has 1 unspecified atom stereocenters. The van der Waals surface area contributed by atoms with E-state index in [1.165, 1.54) is 23.0 Å². The number of halogens is 2. The summed E-state index contributed by atoms with van der Waals surface area (Å²) in [6, 6.07) is 8.97. The van der Waals surface area contributed by atoms with Crippen molar-refractivity contribution in [3.63, 3.8) is 0 Å². The summed E-state index contributed by atoms with van der Waals surface area (Å²) in [6.07, 6.45) is 0.892. The molecular weight excluding hydrogens is 361 g/mol. The van der Waals surface area contributed by atoms with Crippen LogP contribution in [0.5, 0.6) is 11.5 Å². The van der Waals surface area contributed by atoms with Crippen molar-refractivity contribution >= 4 is 33.0 Å². The third-order valence-electron chi connectivity index (χ3n) is 4.59. The van der Waals surface area contributed by atoms with Crippen molar-refractivity contribution in [2.45, 2.75) is 12.5 Å². The molecule has 0 amide bonds. The van der Waals surface area contributed by atoms with Crippen molar-refractivity contribution in [1.82, 2.24) is 5.32 Å². The summed E-state index contributed by atoms with van der Waals surface area (Å²) in [5, 5.41) is 4.49. The Balaban J connectivity index is 1.89. The van der Waals surface area contributed by atoms with Gasteiger partial charge in [0.25, 0.3) is 0 Å². The van der Waals surface area contributed by atoms with Crippen LogP contribution in [-0.4, -0.2) is 20.8 Å². The zero-order valence-electron chi connectivity index (χ0n) is 13.9. The maximum absolute atomic E-state index is 14.2. The summed E-state index contributed by atoms with van der Waals surface area (Å²) in [6.45, 7) is 0.820. The highest BCUT2D eigenvalue weighted by atomic mass is 35.5. The number of nitrogens with one attached hydrogen (secondary N) is 1. The van der Waals surface area contributed by atoms with Crippen molar-refractivity contribution in [3.8, 4) is 11.5 Å². The minimum absolute atomic E-state index is 0.0899. The number of hydrogen-bond donors (Lipinski definition) is 1. The van der Waals surface area contributed by atoms with Crippen molar-refractivity contribution < 1.29 is 13.9 Å². The van der Waals surface area contributed by atoms with Crippen LogP contribution in [0.15, 0.2) is 30.3 Å². The fourth-order valence-corrected chi connectivity index (χ4v) is 5.07. The van der Waals surface area contributed by atoms with Crippen LogP contribution in [0.3, 0.4) is 0 Å². The van der Waals surface area contributed by atoms with E-state index in [9.17, 15) is 4.39 Å². The summed E-state index contributed by atoms with van der Waals surface area (Å²) < 4.78 is 25.9. The van der Waals surface area contributed by atoms with Crippen LogP contribution >= 0.6 is 22.9 Å². The lowest BCUT2D eigenvalue weighted by molar-refractivity contribution is 0.353. The molecule has 1 N–H and O–H groups in total. The summed E-state index contributed by atoms with van der Waals surface area (Å²) in [5.74, 6) is 1.11. The molecule has 0 fully saturated rings. The number of thiophene rings is 1. The van der Waals surface area contributed by atoms with E-state index in [1.807, 2.05) is 18.2 Å². The Bertz CT molecular complexity index is 956. The molecule has 0 saturated carbocycles. The molecule has 1 aromatic heterocycles. The van der Waals surface area contributed by atoms with Gasteiger partial charge in [0, 0.05) is 21.5 Å². The van der Waals surface area contributed by atoms with E-state index in [1.54, 1.807) is 20.3 Å². The molecule has 2 aromatic carbocycles. The van der Waals surface area contributed by atoms with Gasteiger partial charge in [-0.3, -0.25) is 0 Å². The van der Waals surface area contributed by atoms with Crippen molar-refractivity contribution in [2.75, 3.05) is 20.8 Å². The number of methoxy groups -OCH3 is 2. The first-order valence-electron chi connectivity index (χ1n) is 7.98. The first-order chi connectivity index (χ1) is 12.1. The average Bonchev–Trinajstić information content (AvgIpc) is 2.97. The molecule has 6 heteroatoms. The van der Waals surface area contributed by atoms with Crippen LogP contribution in [0.1, 0.15) is 22.0 Å². The smallest absolute Gasteiger partial charge is 0.161 e. The molecule has 0 spiro atoms. The Morgan fingerprint density at radius 3 is 2.68 bits per heavy atom. The minimum Gasteiger partial charge on any atom is -0.493 e. The zero-order chi connectivity index (χ0) is 17.6. The van der Waals surface area contributed by atoms with Crippen LogP contribution in [0.4, 0.5) is 4.39 Å². The fraction of sp³-hybridized carbons (Fsp3) is 0.263. The third-order valence-corrected chi connectivity index (χ3v) is 6.32. The van der Waals surface area contributed by atoms with Gasteiger partial charge < -0.3 is 14.8 Å². The van der Waals surface area contributed by atoms with Crippen LogP contribution in [0.25, 0.3) is 10.1 Å². The van der Waals surface area contributed by atoms with Crippen molar-refractivity contribution in [2.24, 2.45) is 0 Å². The van der Waals surface area contributed by atoms with Crippen LogP contribution < -0.4 is 14.8 Å². The van der Waals surface area contributed by atoms with Gasteiger partial charge in [0.05, 0.1) is 25.3 Å². The molecule has 1 aliphatic heterocycles. The number of hydrogen-bond acceptors (Lipinski definition) is 4. The van der Waals surface area contributed by atoms with E-state index in [2.05, 4.69) is 5.32 Å². The van der Waals surface area contributed by atoms with E-state index in [0.29, 0.717) is 16.2 Å². The van der Waals surface area contributed by atoms with Gasteiger partial charge in [-0.2, -0.15) is 0 Å². The van der Waals surface area contributed by atoms with Crippen molar-refractivity contribution in [3.05, 3.63) is 57.2 Å². The predicted octanol–water partition coefficient (Wildman–Crippen LogP) is 4.95. The maximum Gasteiger partial charge on any atom is 0.161 e. The molecule has 3 nitrogen and oxygen atoms in total. The highest BCUT2D eigenvalue weighted by molar-refractivity contribution is 7.19. The van der Waals surface area contributed by atoms with Gasteiger partial charge in [-0.15, -0.1) is 11.3 Å². The predicted molar refractivity (Wildman–Crippen MR) is 99.9 cm³/mol. The largest absolute Gasteiger partial charge is 0.493 e. The zero-order valence-corrected chi connectivity index (χ0v) is 15.4. The summed E-state index contributed by atoms with van der Waals surface area (Å²) >= 11 is 8.09. The van der Waals surface area contributed by atoms with E-state index in [4.69, 9.17) is 21.1 Å². The molecule has 130 valence electrons. The van der Waals surface area contributed by atoms with E-state index < -0.39 is 0 Å². The normalized spacial score (nSPS) is 16.7. The van der Waals surface area contributed by atoms with Crippen molar-refractivity contribution in [1.29, 1.82) is 0 Å². The lowest BCUT2D eigenvalue weighted by Crippen LogP contribution is -2.30. The standard InChI is InChI=1S/C19H17ClFNO2S/c1-23-13-8-10-6-7-22-18(11(10)9-14(13)24-2)19-17(20)16-12(21)4-3-5-15(16)25-19/h3-5,8-9,18,22H,6-7H2,1-2H3. The van der Waals surface area contributed by atoms with Gasteiger partial charge in [0.15, 0.2) is 11.5 Å². The summed E-state index contributed by atoms with van der Waals surface area (Å²) in [5.41, 5.74) is 2.29. The summed E-state index contributed by atoms with van der Waals surface area (Å²) in [4.78, 5) is 0.926. The monoisotopic (exact) mass is 377 g/mol. The molecule has 1 atom stereocenters. The Kier molecular flexibility index (Phi) is 4.31. The highest BCUT2D eigenvalue weighted by Crippen LogP contribution is 2.45. The van der Waals surface area contributed by atoms with Gasteiger partial charge in [-0.05, 0) is 41.8 Å². The second-order valence-corrected chi connectivity index (χ2v) is 7.40. The third kappa shape index (κ3) is 2.67. The van der Waals surface area contributed by atoms with Gasteiger partial charge in [-0.1, -0.05) is 17.7 Å². The average molecular weight is 378 g/mol. The highest BCUT2D eigenvalue weighted by Gasteiger charge is 2.28. The molecule has 0 radical (unpaired) electrons. The van der Waals surface area contributed by atoms with Crippen LogP contribution in [-0.2, 0) is 6.42 Å². The van der Waals surface area contributed by atoms with E-state index >= 15 is 0 Å². The minimum atomic E-state index is -0.284. The summed E-state index contributed by atoms with van der Waals surface area (Å²) in [7, 11) is 3.26. The molecule has 3 aromatic rings. The first-order valence-corrected chi connectivity index (χ1v) is 9.18. The lowest BCUT2D eigenvalue weighted by atomic mass is 9.92. The Hall–Kier alpha value is -1.82. The van der Waals surface area contributed by atoms with Gasteiger partial charge in [0.2, 0.25) is 0 Å². The quantitative estimate of drug-likeness (QED) is 0.700. The van der Waals surface area contributed by atoms with Gasteiger partial charge >= 0.3 is 0 Å². The molecule has 0 bridgehead atoms. The molecule has 25 heavy (non-hydrogen) atoms. The molecular formula is C19H17ClFNO2S. The van der Waals surface area contributed by atoms with E-state index in [-0.39, 0.29) is 11.9 Å². The number of rotatable bonds is 3. The van der Waals surface area contributed by atoms with Gasteiger partial charge in [0.1, 0.15) is 5.82 Å². The molecule has 2 heterocycles. The maximum atomic E-state index is 14.2. The number of fused-ring (bicyclic) bond motifs is 2. The molecule has 1 aliphatic rings. The Labute approximate surface area is 154 Å². The SMILES string of the molecule is COc1cc2c(cc1OC)C(c1sc3cccc(F)c3c1Cl)NCC2. The Morgan fingerprint density at radius 1 is 1.20 bits per heavy atom. The Morgan fingerprint density at radius 2 is 1.96 bits per heavy atom. The van der Waals surface area contributed by atoms with Crippen LogP contribution in [0.2, 0.25) is 5.02 Å². The second kappa shape index (κ2) is 6.48.